The highest BCUT2D eigenvalue weighted by molar-refractivity contribution is 7.07. The molecule has 0 amide bonds. The molecule has 0 aliphatic rings. The van der Waals surface area contributed by atoms with E-state index in [1.54, 1.807) is 17.5 Å². The summed E-state index contributed by atoms with van der Waals surface area (Å²) in [7, 11) is 2.08. The molecule has 0 bridgehead atoms. The minimum Gasteiger partial charge on any atom is -0.325 e. The lowest BCUT2D eigenvalue weighted by Crippen LogP contribution is -2.19. The molecule has 0 unspecified atom stereocenters. The molecule has 90 valence electrons. The van der Waals surface area contributed by atoms with Crippen LogP contribution in [0.15, 0.2) is 29.2 Å². The predicted octanol–water partition coefficient (Wildman–Crippen LogP) is 1.63. The van der Waals surface area contributed by atoms with Gasteiger partial charge in [-0.15, -0.1) is 11.3 Å². The third kappa shape index (κ3) is 3.33. The molecular formula is C12H16N4S. The maximum absolute atomic E-state index is 5.67. The van der Waals surface area contributed by atoms with E-state index in [2.05, 4.69) is 33.4 Å². The van der Waals surface area contributed by atoms with Crippen molar-refractivity contribution in [3.63, 3.8) is 0 Å². The molecule has 2 rings (SSSR count). The molecule has 4 nitrogen and oxygen atoms in total. The van der Waals surface area contributed by atoms with E-state index in [-0.39, 0.29) is 0 Å². The van der Waals surface area contributed by atoms with Crippen LogP contribution in [0.25, 0.3) is 0 Å². The Morgan fingerprint density at radius 2 is 2.24 bits per heavy atom. The van der Waals surface area contributed by atoms with Crippen LogP contribution in [0, 0.1) is 0 Å². The van der Waals surface area contributed by atoms with E-state index >= 15 is 0 Å². The SMILES string of the molecule is CN(Cc1cscn1)Cc1cccnc1CN. The maximum atomic E-state index is 5.67. The first-order valence-corrected chi connectivity index (χ1v) is 6.42. The van der Waals surface area contributed by atoms with Gasteiger partial charge in [-0.05, 0) is 18.7 Å². The Morgan fingerprint density at radius 3 is 2.94 bits per heavy atom. The van der Waals surface area contributed by atoms with E-state index < -0.39 is 0 Å². The summed E-state index contributed by atoms with van der Waals surface area (Å²) < 4.78 is 0. The molecule has 2 aromatic rings. The normalized spacial score (nSPS) is 11.0. The molecule has 5 heteroatoms. The highest BCUT2D eigenvalue weighted by Gasteiger charge is 2.06. The lowest BCUT2D eigenvalue weighted by molar-refractivity contribution is 0.314. The molecule has 0 aromatic carbocycles. The van der Waals surface area contributed by atoms with Gasteiger partial charge in [0.1, 0.15) is 0 Å². The zero-order valence-electron chi connectivity index (χ0n) is 9.84. The molecule has 0 saturated heterocycles. The van der Waals surface area contributed by atoms with Crippen molar-refractivity contribution in [2.24, 2.45) is 5.73 Å². The largest absolute Gasteiger partial charge is 0.325 e. The number of nitrogens with zero attached hydrogens (tertiary/aromatic N) is 3. The molecule has 0 atom stereocenters. The summed E-state index contributed by atoms with van der Waals surface area (Å²) in [4.78, 5) is 10.8. The Balaban J connectivity index is 2.00. The summed E-state index contributed by atoms with van der Waals surface area (Å²) in [6.45, 7) is 2.18. The number of pyridine rings is 1. The average Bonchev–Trinajstić information content (AvgIpc) is 2.82. The lowest BCUT2D eigenvalue weighted by Gasteiger charge is -2.16. The molecule has 0 spiro atoms. The molecule has 2 aromatic heterocycles. The van der Waals surface area contributed by atoms with Gasteiger partial charge in [0.15, 0.2) is 0 Å². The zero-order chi connectivity index (χ0) is 12.1. The van der Waals surface area contributed by atoms with E-state index in [0.29, 0.717) is 6.54 Å². The monoisotopic (exact) mass is 248 g/mol. The van der Waals surface area contributed by atoms with Crippen LogP contribution in [0.5, 0.6) is 0 Å². The van der Waals surface area contributed by atoms with Gasteiger partial charge in [-0.25, -0.2) is 4.98 Å². The number of nitrogens with two attached hydrogens (primary N) is 1. The van der Waals surface area contributed by atoms with Gasteiger partial charge in [0, 0.05) is 31.2 Å². The molecule has 0 aliphatic carbocycles. The summed E-state index contributed by atoms with van der Waals surface area (Å²) >= 11 is 1.63. The van der Waals surface area contributed by atoms with E-state index in [4.69, 9.17) is 5.73 Å². The Bertz CT molecular complexity index is 455. The van der Waals surface area contributed by atoms with E-state index in [1.807, 2.05) is 11.6 Å². The summed E-state index contributed by atoms with van der Waals surface area (Å²) in [5.74, 6) is 0. The van der Waals surface area contributed by atoms with Crippen LogP contribution in [0.3, 0.4) is 0 Å². The van der Waals surface area contributed by atoms with Crippen LogP contribution in [0.1, 0.15) is 17.0 Å². The quantitative estimate of drug-likeness (QED) is 0.873. The van der Waals surface area contributed by atoms with Gasteiger partial charge < -0.3 is 5.73 Å². The number of rotatable bonds is 5. The molecule has 0 aliphatic heterocycles. The first-order valence-electron chi connectivity index (χ1n) is 5.48. The van der Waals surface area contributed by atoms with E-state index in [9.17, 15) is 0 Å². The maximum Gasteiger partial charge on any atom is 0.0795 e. The smallest absolute Gasteiger partial charge is 0.0795 e. The molecule has 2 heterocycles. The Morgan fingerprint density at radius 1 is 1.35 bits per heavy atom. The molecule has 17 heavy (non-hydrogen) atoms. The van der Waals surface area contributed by atoms with Crippen molar-refractivity contribution in [3.05, 3.63) is 46.2 Å². The fraction of sp³-hybridized carbons (Fsp3) is 0.333. The highest BCUT2D eigenvalue weighted by atomic mass is 32.1. The predicted molar refractivity (Wildman–Crippen MR) is 69.4 cm³/mol. The summed E-state index contributed by atoms with van der Waals surface area (Å²) in [6.07, 6.45) is 1.78. The van der Waals surface area contributed by atoms with Crippen LogP contribution in [0.4, 0.5) is 0 Å². The highest BCUT2D eigenvalue weighted by Crippen LogP contribution is 2.10. The second-order valence-corrected chi connectivity index (χ2v) is 4.68. The van der Waals surface area contributed by atoms with Crippen molar-refractivity contribution in [2.75, 3.05) is 7.05 Å². The lowest BCUT2D eigenvalue weighted by atomic mass is 10.2. The summed E-state index contributed by atoms with van der Waals surface area (Å²) in [6, 6.07) is 4.03. The van der Waals surface area contributed by atoms with Crippen molar-refractivity contribution in [2.45, 2.75) is 19.6 Å². The van der Waals surface area contributed by atoms with Gasteiger partial charge in [-0.3, -0.25) is 9.88 Å². The minimum absolute atomic E-state index is 0.487. The second kappa shape index (κ2) is 5.86. The van der Waals surface area contributed by atoms with Gasteiger partial charge in [0.05, 0.1) is 16.9 Å². The molecule has 2 N–H and O–H groups in total. The van der Waals surface area contributed by atoms with E-state index in [0.717, 1.165) is 24.5 Å². The second-order valence-electron chi connectivity index (χ2n) is 3.97. The molecule has 0 radical (unpaired) electrons. The average molecular weight is 248 g/mol. The van der Waals surface area contributed by atoms with Crippen molar-refractivity contribution >= 4 is 11.3 Å². The van der Waals surface area contributed by atoms with Gasteiger partial charge in [-0.2, -0.15) is 0 Å². The molecule has 0 saturated carbocycles. The van der Waals surface area contributed by atoms with Gasteiger partial charge >= 0.3 is 0 Å². The standard InChI is InChI=1S/C12H16N4S/c1-16(7-11-8-17-9-15-11)6-10-3-2-4-14-12(10)5-13/h2-4,8-9H,5-7,13H2,1H3. The Hall–Kier alpha value is -1.30. The van der Waals surface area contributed by atoms with E-state index in [1.165, 1.54) is 5.56 Å². The van der Waals surface area contributed by atoms with Crippen molar-refractivity contribution in [1.82, 2.24) is 14.9 Å². The van der Waals surface area contributed by atoms with Crippen molar-refractivity contribution in [1.29, 1.82) is 0 Å². The fourth-order valence-electron chi connectivity index (χ4n) is 1.74. The first-order chi connectivity index (χ1) is 8.29. The number of thiazole rings is 1. The third-order valence-corrected chi connectivity index (χ3v) is 3.17. The van der Waals surface area contributed by atoms with Crippen molar-refractivity contribution < 1.29 is 0 Å². The van der Waals surface area contributed by atoms with Crippen LogP contribution in [0.2, 0.25) is 0 Å². The van der Waals surface area contributed by atoms with Crippen LogP contribution in [-0.2, 0) is 19.6 Å². The number of hydrogen-bond acceptors (Lipinski definition) is 5. The molecular weight excluding hydrogens is 232 g/mol. The first kappa shape index (κ1) is 12.2. The zero-order valence-corrected chi connectivity index (χ0v) is 10.7. The topological polar surface area (TPSA) is 55.0 Å². The molecule has 0 fully saturated rings. The van der Waals surface area contributed by atoms with Crippen LogP contribution < -0.4 is 5.73 Å². The minimum atomic E-state index is 0.487. The van der Waals surface area contributed by atoms with Gasteiger partial charge in [0.2, 0.25) is 0 Å². The van der Waals surface area contributed by atoms with Crippen LogP contribution >= 0.6 is 11.3 Å². The fourth-order valence-corrected chi connectivity index (χ4v) is 2.29. The van der Waals surface area contributed by atoms with Crippen molar-refractivity contribution in [3.8, 4) is 0 Å². The van der Waals surface area contributed by atoms with Crippen LogP contribution in [-0.4, -0.2) is 21.9 Å². The van der Waals surface area contributed by atoms with Gasteiger partial charge in [0.25, 0.3) is 0 Å². The summed E-state index contributed by atoms with van der Waals surface area (Å²) in [5.41, 5.74) is 10.8. The number of hydrogen-bond donors (Lipinski definition) is 1. The third-order valence-electron chi connectivity index (χ3n) is 2.53. The Kier molecular flexibility index (Phi) is 4.19. The Labute approximate surface area is 105 Å². The van der Waals surface area contributed by atoms with Gasteiger partial charge in [-0.1, -0.05) is 6.07 Å². The summed E-state index contributed by atoms with van der Waals surface area (Å²) in [5, 5.41) is 2.07. The number of aromatic nitrogens is 2.